The van der Waals surface area contributed by atoms with E-state index in [1.165, 1.54) is 12.1 Å². The lowest BCUT2D eigenvalue weighted by atomic mass is 9.97. The molecule has 4 nitrogen and oxygen atoms in total. The van der Waals surface area contributed by atoms with Crippen LogP contribution in [-0.2, 0) is 4.79 Å². The molecule has 0 aromatic heterocycles. The van der Waals surface area contributed by atoms with Crippen LogP contribution in [0.2, 0.25) is 0 Å². The van der Waals surface area contributed by atoms with Crippen LogP contribution in [0.3, 0.4) is 0 Å². The van der Waals surface area contributed by atoms with Crippen molar-refractivity contribution in [1.29, 1.82) is 0 Å². The zero-order valence-electron chi connectivity index (χ0n) is 15.8. The average molecular weight is 389 g/mol. The Labute approximate surface area is 163 Å². The van der Waals surface area contributed by atoms with Gasteiger partial charge in [0.2, 0.25) is 0 Å². The summed E-state index contributed by atoms with van der Waals surface area (Å²) in [7, 11) is 0. The maximum absolute atomic E-state index is 14.6. The fourth-order valence-corrected chi connectivity index (χ4v) is 3.61. The number of allylic oxidation sites excluding steroid dienone is 6. The first-order chi connectivity index (χ1) is 13.6. The number of hydrogen-bond donors (Lipinski definition) is 1. The van der Waals surface area contributed by atoms with E-state index in [2.05, 4.69) is 11.0 Å². The first-order valence-electron chi connectivity index (χ1n) is 9.71. The zero-order valence-corrected chi connectivity index (χ0v) is 15.8. The molecule has 0 spiro atoms. The minimum Gasteiger partial charge on any atom is -0.488 e. The largest absolute Gasteiger partial charge is 0.488 e. The summed E-state index contributed by atoms with van der Waals surface area (Å²) < 4.78 is 34.3. The van der Waals surface area contributed by atoms with Crippen molar-refractivity contribution in [2.75, 3.05) is 19.7 Å². The first-order valence-corrected chi connectivity index (χ1v) is 9.71. The van der Waals surface area contributed by atoms with E-state index < -0.39 is 23.4 Å². The van der Waals surface area contributed by atoms with Gasteiger partial charge in [-0.05, 0) is 49.8 Å². The normalized spacial score (nSPS) is 17.0. The highest BCUT2D eigenvalue weighted by Crippen LogP contribution is 2.33. The molecule has 3 rings (SSSR count). The van der Waals surface area contributed by atoms with Gasteiger partial charge < -0.3 is 14.7 Å². The summed E-state index contributed by atoms with van der Waals surface area (Å²) in [6.45, 7) is 1.88. The van der Waals surface area contributed by atoms with E-state index in [-0.39, 0.29) is 19.4 Å². The van der Waals surface area contributed by atoms with Crippen LogP contribution in [0.1, 0.15) is 44.1 Å². The number of hydrogen-bond acceptors (Lipinski definition) is 3. The van der Waals surface area contributed by atoms with Gasteiger partial charge in [-0.3, -0.25) is 4.79 Å². The standard InChI is InChI=1S/C22H25F2NO3/c23-18-14-16(15-19(24)22(18)28-13-7-10-21(26)27)17-8-3-1-2-4-9-20(17)25-11-5-6-12-25/h1-3,8,14-15H,4-7,9-13H2,(H,26,27). The lowest BCUT2D eigenvalue weighted by Gasteiger charge is -2.25. The van der Waals surface area contributed by atoms with Crippen LogP contribution in [0.4, 0.5) is 8.78 Å². The van der Waals surface area contributed by atoms with Crippen LogP contribution < -0.4 is 4.74 Å². The third-order valence-electron chi connectivity index (χ3n) is 4.95. The Kier molecular flexibility index (Phi) is 6.85. The molecule has 1 aromatic rings. The quantitative estimate of drug-likeness (QED) is 0.673. The van der Waals surface area contributed by atoms with Crippen LogP contribution >= 0.6 is 0 Å². The van der Waals surface area contributed by atoms with Crippen molar-refractivity contribution in [3.8, 4) is 5.75 Å². The van der Waals surface area contributed by atoms with Crippen molar-refractivity contribution < 1.29 is 23.4 Å². The van der Waals surface area contributed by atoms with Crippen LogP contribution in [0.15, 0.2) is 42.1 Å². The first kappa shape index (κ1) is 20.1. The monoisotopic (exact) mass is 389 g/mol. The van der Waals surface area contributed by atoms with E-state index >= 15 is 0 Å². The van der Waals surface area contributed by atoms with E-state index in [0.717, 1.165) is 50.0 Å². The molecular weight excluding hydrogens is 364 g/mol. The third kappa shape index (κ3) is 5.00. The Hall–Kier alpha value is -2.63. The number of carbonyl (C=O) groups is 1. The Bertz CT molecular complexity index is 785. The molecule has 28 heavy (non-hydrogen) atoms. The predicted molar refractivity (Wildman–Crippen MR) is 104 cm³/mol. The molecule has 1 N–H and O–H groups in total. The molecule has 0 saturated carbocycles. The number of benzene rings is 1. The summed E-state index contributed by atoms with van der Waals surface area (Å²) >= 11 is 0. The van der Waals surface area contributed by atoms with Crippen molar-refractivity contribution in [2.24, 2.45) is 0 Å². The van der Waals surface area contributed by atoms with Gasteiger partial charge >= 0.3 is 5.97 Å². The van der Waals surface area contributed by atoms with Crippen molar-refractivity contribution in [3.05, 3.63) is 59.3 Å². The van der Waals surface area contributed by atoms with Gasteiger partial charge in [0.25, 0.3) is 0 Å². The molecule has 0 amide bonds. The maximum Gasteiger partial charge on any atom is 0.303 e. The Morgan fingerprint density at radius 3 is 2.54 bits per heavy atom. The van der Waals surface area contributed by atoms with Gasteiger partial charge in [0.05, 0.1) is 6.61 Å². The second-order valence-corrected chi connectivity index (χ2v) is 7.00. The molecule has 1 aromatic carbocycles. The molecule has 150 valence electrons. The van der Waals surface area contributed by atoms with Crippen molar-refractivity contribution >= 4 is 11.5 Å². The van der Waals surface area contributed by atoms with Gasteiger partial charge in [-0.2, -0.15) is 0 Å². The summed E-state index contributed by atoms with van der Waals surface area (Å²) in [5, 5.41) is 8.63. The number of ether oxygens (including phenoxy) is 1. The van der Waals surface area contributed by atoms with Crippen LogP contribution in [0.5, 0.6) is 5.75 Å². The average Bonchev–Trinajstić information content (AvgIpc) is 3.14. The van der Waals surface area contributed by atoms with E-state index in [1.807, 2.05) is 18.2 Å². The number of carboxylic acids is 1. The summed E-state index contributed by atoms with van der Waals surface area (Å²) in [5.41, 5.74) is 2.44. The molecule has 0 radical (unpaired) electrons. The highest BCUT2D eigenvalue weighted by atomic mass is 19.1. The molecule has 1 heterocycles. The van der Waals surface area contributed by atoms with Gasteiger partial charge in [-0.15, -0.1) is 0 Å². The fourth-order valence-electron chi connectivity index (χ4n) is 3.61. The Balaban J connectivity index is 1.88. The molecule has 0 atom stereocenters. The lowest BCUT2D eigenvalue weighted by molar-refractivity contribution is -0.137. The number of aliphatic carboxylic acids is 1. The summed E-state index contributed by atoms with van der Waals surface area (Å²) in [4.78, 5) is 12.8. The lowest BCUT2D eigenvalue weighted by Crippen LogP contribution is -2.20. The number of nitrogens with zero attached hydrogens (tertiary/aromatic N) is 1. The van der Waals surface area contributed by atoms with E-state index in [0.29, 0.717) is 5.56 Å². The number of halogens is 2. The van der Waals surface area contributed by atoms with Crippen molar-refractivity contribution in [2.45, 2.75) is 38.5 Å². The van der Waals surface area contributed by atoms with Crippen LogP contribution in [0, 0.1) is 11.6 Å². The van der Waals surface area contributed by atoms with Gasteiger partial charge in [-0.25, -0.2) is 8.78 Å². The minimum atomic E-state index is -0.966. The molecule has 6 heteroatoms. The summed E-state index contributed by atoms with van der Waals surface area (Å²) in [5.74, 6) is -2.97. The molecule has 0 unspecified atom stereocenters. The molecule has 1 aliphatic heterocycles. The maximum atomic E-state index is 14.6. The molecular formula is C22H25F2NO3. The Morgan fingerprint density at radius 2 is 1.86 bits per heavy atom. The summed E-state index contributed by atoms with van der Waals surface area (Å²) in [6, 6.07) is 2.60. The smallest absolute Gasteiger partial charge is 0.303 e. The third-order valence-corrected chi connectivity index (χ3v) is 4.95. The van der Waals surface area contributed by atoms with E-state index in [4.69, 9.17) is 9.84 Å². The van der Waals surface area contributed by atoms with Gasteiger partial charge in [-0.1, -0.05) is 24.3 Å². The number of carboxylic acid groups (broad SMARTS) is 1. The second-order valence-electron chi connectivity index (χ2n) is 7.00. The molecule has 1 fully saturated rings. The highest BCUT2D eigenvalue weighted by Gasteiger charge is 2.21. The summed E-state index contributed by atoms with van der Waals surface area (Å²) in [6.07, 6.45) is 11.9. The van der Waals surface area contributed by atoms with Gasteiger partial charge in [0, 0.05) is 30.8 Å². The number of likely N-dealkylation sites (tertiary alicyclic amines) is 1. The molecule has 0 bridgehead atoms. The molecule has 2 aliphatic rings. The van der Waals surface area contributed by atoms with Crippen molar-refractivity contribution in [3.63, 3.8) is 0 Å². The van der Waals surface area contributed by atoms with Gasteiger partial charge in [0.1, 0.15) is 0 Å². The SMILES string of the molecule is O=C(O)CCCOc1c(F)cc(C2=C(N3CCCC3)CCC=CC=C2)cc1F. The van der Waals surface area contributed by atoms with E-state index in [1.54, 1.807) is 0 Å². The second kappa shape index (κ2) is 9.53. The van der Waals surface area contributed by atoms with Crippen molar-refractivity contribution in [1.82, 2.24) is 4.90 Å². The van der Waals surface area contributed by atoms with E-state index in [9.17, 15) is 13.6 Å². The molecule has 1 saturated heterocycles. The topological polar surface area (TPSA) is 49.8 Å². The van der Waals surface area contributed by atoms with Crippen LogP contribution in [0.25, 0.3) is 5.57 Å². The predicted octanol–water partition coefficient (Wildman–Crippen LogP) is 4.92. The van der Waals surface area contributed by atoms with Gasteiger partial charge in [0.15, 0.2) is 17.4 Å². The fraction of sp³-hybridized carbons (Fsp3) is 0.409. The van der Waals surface area contributed by atoms with Crippen LogP contribution in [-0.4, -0.2) is 35.7 Å². The number of rotatable bonds is 7. The molecule has 1 aliphatic carbocycles. The zero-order chi connectivity index (χ0) is 19.9. The highest BCUT2D eigenvalue weighted by molar-refractivity contribution is 5.77. The minimum absolute atomic E-state index is 0.0497. The Morgan fingerprint density at radius 1 is 1.14 bits per heavy atom.